The van der Waals surface area contributed by atoms with Gasteiger partial charge in [-0.05, 0) is 64.4 Å². The molecule has 3 aromatic rings. The van der Waals surface area contributed by atoms with Crippen molar-refractivity contribution in [2.75, 3.05) is 0 Å². The highest BCUT2D eigenvalue weighted by atomic mass is 16.5. The number of hydrogen-bond donors (Lipinski definition) is 3. The van der Waals surface area contributed by atoms with Crippen LogP contribution in [0.2, 0.25) is 0 Å². The molecule has 0 fully saturated rings. The lowest BCUT2D eigenvalue weighted by Gasteiger charge is -2.21. The minimum atomic E-state index is -1.07. The third kappa shape index (κ3) is 5.72. The molecule has 3 N–H and O–H groups in total. The molecule has 0 aliphatic rings. The van der Waals surface area contributed by atoms with Crippen LogP contribution in [0.25, 0.3) is 10.9 Å². The number of carbonyl (C=O) groups is 1. The second-order valence-electron chi connectivity index (χ2n) is 9.37. The zero-order chi connectivity index (χ0) is 23.5. The van der Waals surface area contributed by atoms with Gasteiger partial charge in [0, 0.05) is 34.0 Å². The fourth-order valence-corrected chi connectivity index (χ4v) is 3.38. The van der Waals surface area contributed by atoms with E-state index in [1.54, 1.807) is 12.1 Å². The van der Waals surface area contributed by atoms with E-state index in [1.807, 2.05) is 78.1 Å². The van der Waals surface area contributed by atoms with Crippen LogP contribution in [0.5, 0.6) is 5.75 Å². The molecule has 0 saturated carbocycles. The Kier molecular flexibility index (Phi) is 6.96. The summed E-state index contributed by atoms with van der Waals surface area (Å²) in [6, 6.07) is 13.2. The van der Waals surface area contributed by atoms with Crippen molar-refractivity contribution in [3.63, 3.8) is 0 Å². The zero-order valence-electron chi connectivity index (χ0n) is 19.6. The summed E-state index contributed by atoms with van der Waals surface area (Å²) in [6.07, 6.45) is 0.710. The Morgan fingerprint density at radius 2 is 1.84 bits per heavy atom. The zero-order valence-corrected chi connectivity index (χ0v) is 19.6. The summed E-state index contributed by atoms with van der Waals surface area (Å²) in [5.41, 5.74) is 2.85. The average Bonchev–Trinajstić information content (AvgIpc) is 3.15. The van der Waals surface area contributed by atoms with E-state index < -0.39 is 12.1 Å². The van der Waals surface area contributed by atoms with Gasteiger partial charge in [0.1, 0.15) is 12.0 Å². The number of aromatic amines is 1. The number of hydrogen-bond acceptors (Lipinski definition) is 3. The van der Waals surface area contributed by atoms with Crippen molar-refractivity contribution in [2.45, 2.75) is 59.8 Å². The summed E-state index contributed by atoms with van der Waals surface area (Å²) in [5.74, 6) is 6.06. The maximum absolute atomic E-state index is 13.1. The molecule has 32 heavy (non-hydrogen) atoms. The van der Waals surface area contributed by atoms with E-state index >= 15 is 0 Å². The SMILES string of the molecule is CC(C)Oc1ccc(C#CC(C)(C)C)cc1C(=O)NC(O)C(C)c1c[nH]c2ccccc12. The first kappa shape index (κ1) is 23.4. The van der Waals surface area contributed by atoms with Gasteiger partial charge in [-0.1, -0.05) is 37.0 Å². The maximum atomic E-state index is 13.1. The molecule has 1 amide bonds. The van der Waals surface area contributed by atoms with Crippen molar-refractivity contribution in [1.29, 1.82) is 0 Å². The maximum Gasteiger partial charge on any atom is 0.257 e. The van der Waals surface area contributed by atoms with Gasteiger partial charge in [0.15, 0.2) is 0 Å². The quantitative estimate of drug-likeness (QED) is 0.370. The van der Waals surface area contributed by atoms with Crippen molar-refractivity contribution in [1.82, 2.24) is 10.3 Å². The summed E-state index contributed by atoms with van der Waals surface area (Å²) in [7, 11) is 0. The number of aliphatic hydroxyl groups excluding tert-OH is 1. The molecule has 2 atom stereocenters. The lowest BCUT2D eigenvalue weighted by molar-refractivity contribution is 0.0723. The fraction of sp³-hybridized carbons (Fsp3) is 0.370. The van der Waals surface area contributed by atoms with Gasteiger partial charge >= 0.3 is 0 Å². The molecule has 5 heteroatoms. The summed E-state index contributed by atoms with van der Waals surface area (Å²) < 4.78 is 5.84. The lowest BCUT2D eigenvalue weighted by Crippen LogP contribution is -2.38. The Bertz CT molecular complexity index is 1160. The van der Waals surface area contributed by atoms with Gasteiger partial charge in [0.2, 0.25) is 0 Å². The van der Waals surface area contributed by atoms with Gasteiger partial charge in [0.05, 0.1) is 11.7 Å². The Morgan fingerprint density at radius 1 is 1.12 bits per heavy atom. The van der Waals surface area contributed by atoms with Crippen LogP contribution >= 0.6 is 0 Å². The average molecular weight is 433 g/mol. The van der Waals surface area contributed by atoms with Crippen LogP contribution in [0.3, 0.4) is 0 Å². The standard InChI is InChI=1S/C27H32N2O3/c1-17(2)32-24-12-11-19(13-14-27(4,5)6)15-21(24)26(31)29-25(30)18(3)22-16-28-23-10-8-7-9-20(22)23/h7-12,15-18,25,28,30H,1-6H3,(H,29,31). The molecule has 0 radical (unpaired) electrons. The summed E-state index contributed by atoms with van der Waals surface area (Å²) >= 11 is 0. The van der Waals surface area contributed by atoms with Crippen LogP contribution in [-0.2, 0) is 0 Å². The van der Waals surface area contributed by atoms with Gasteiger partial charge in [-0.2, -0.15) is 0 Å². The Labute approximate surface area is 190 Å². The molecule has 2 aromatic carbocycles. The van der Waals surface area contributed by atoms with E-state index in [0.29, 0.717) is 11.3 Å². The van der Waals surface area contributed by atoms with E-state index in [1.165, 1.54) is 0 Å². The Hall–Kier alpha value is -3.23. The number of carbonyl (C=O) groups excluding carboxylic acids is 1. The topological polar surface area (TPSA) is 74.3 Å². The molecule has 1 heterocycles. The van der Waals surface area contributed by atoms with Crippen LogP contribution in [0.15, 0.2) is 48.7 Å². The molecule has 5 nitrogen and oxygen atoms in total. The highest BCUT2D eigenvalue weighted by Gasteiger charge is 2.23. The van der Waals surface area contributed by atoms with Crippen molar-refractivity contribution in [3.8, 4) is 17.6 Å². The largest absolute Gasteiger partial charge is 0.490 e. The number of ether oxygens (including phenoxy) is 1. The Balaban J connectivity index is 1.86. The van der Waals surface area contributed by atoms with Gasteiger partial charge < -0.3 is 20.1 Å². The van der Waals surface area contributed by atoms with E-state index in [4.69, 9.17) is 4.74 Å². The van der Waals surface area contributed by atoms with Crippen molar-refractivity contribution in [3.05, 3.63) is 65.4 Å². The predicted molar refractivity (Wildman–Crippen MR) is 129 cm³/mol. The number of aliphatic hydroxyl groups is 1. The number of H-pyrrole nitrogens is 1. The molecule has 0 aliphatic heterocycles. The fourth-order valence-electron chi connectivity index (χ4n) is 3.38. The molecular weight excluding hydrogens is 400 g/mol. The third-order valence-electron chi connectivity index (χ3n) is 5.03. The van der Waals surface area contributed by atoms with Crippen LogP contribution in [0.4, 0.5) is 0 Å². The van der Waals surface area contributed by atoms with Gasteiger partial charge in [-0.3, -0.25) is 4.79 Å². The van der Waals surface area contributed by atoms with Crippen LogP contribution in [-0.4, -0.2) is 28.3 Å². The van der Waals surface area contributed by atoms with Crippen molar-refractivity contribution < 1.29 is 14.6 Å². The smallest absolute Gasteiger partial charge is 0.257 e. The first-order valence-electron chi connectivity index (χ1n) is 10.9. The molecular formula is C27H32N2O3. The van der Waals surface area contributed by atoms with Crippen LogP contribution < -0.4 is 10.1 Å². The number of benzene rings is 2. The first-order valence-corrected chi connectivity index (χ1v) is 10.9. The van der Waals surface area contributed by atoms with Crippen molar-refractivity contribution in [2.24, 2.45) is 5.41 Å². The lowest BCUT2D eigenvalue weighted by atomic mass is 9.97. The van der Waals surface area contributed by atoms with E-state index in [2.05, 4.69) is 22.1 Å². The van der Waals surface area contributed by atoms with Gasteiger partial charge in [0.25, 0.3) is 5.91 Å². The summed E-state index contributed by atoms with van der Waals surface area (Å²) in [6.45, 7) is 11.8. The second-order valence-corrected chi connectivity index (χ2v) is 9.37. The number of amides is 1. The molecule has 0 saturated heterocycles. The van der Waals surface area contributed by atoms with Gasteiger partial charge in [-0.25, -0.2) is 0 Å². The monoisotopic (exact) mass is 432 g/mol. The normalized spacial score (nSPS) is 13.4. The highest BCUT2D eigenvalue weighted by Crippen LogP contribution is 2.28. The Morgan fingerprint density at radius 3 is 2.53 bits per heavy atom. The summed E-state index contributed by atoms with van der Waals surface area (Å²) in [4.78, 5) is 16.4. The van der Waals surface area contributed by atoms with Gasteiger partial charge in [-0.15, -0.1) is 0 Å². The minimum Gasteiger partial charge on any atom is -0.490 e. The van der Waals surface area contributed by atoms with Crippen LogP contribution in [0.1, 0.15) is 68.9 Å². The molecule has 3 rings (SSSR count). The minimum absolute atomic E-state index is 0.0943. The number of rotatable bonds is 6. The summed E-state index contributed by atoms with van der Waals surface area (Å²) in [5, 5.41) is 14.6. The molecule has 168 valence electrons. The number of nitrogens with one attached hydrogen (secondary N) is 2. The highest BCUT2D eigenvalue weighted by molar-refractivity contribution is 5.97. The van der Waals surface area contributed by atoms with Crippen molar-refractivity contribution >= 4 is 16.8 Å². The molecule has 2 unspecified atom stereocenters. The van der Waals surface area contributed by atoms with E-state index in [-0.39, 0.29) is 17.4 Å². The predicted octanol–water partition coefficient (Wildman–Crippen LogP) is 5.20. The molecule has 1 aromatic heterocycles. The molecule has 0 spiro atoms. The molecule has 0 bridgehead atoms. The second kappa shape index (κ2) is 9.50. The number of fused-ring (bicyclic) bond motifs is 1. The number of aromatic nitrogens is 1. The molecule has 0 aliphatic carbocycles. The van der Waals surface area contributed by atoms with Crippen LogP contribution in [0, 0.1) is 17.3 Å². The first-order chi connectivity index (χ1) is 15.0. The third-order valence-corrected chi connectivity index (χ3v) is 5.03. The number of para-hydroxylation sites is 1. The van der Waals surface area contributed by atoms with E-state index in [9.17, 15) is 9.90 Å². The van der Waals surface area contributed by atoms with E-state index in [0.717, 1.165) is 22.0 Å².